The molecule has 0 saturated carbocycles. The Labute approximate surface area is 195 Å². The lowest BCUT2D eigenvalue weighted by Gasteiger charge is -2.30. The van der Waals surface area contributed by atoms with Crippen molar-refractivity contribution in [3.8, 4) is 17.2 Å². The number of ether oxygens (including phenoxy) is 3. The van der Waals surface area contributed by atoms with E-state index in [0.29, 0.717) is 48.8 Å². The van der Waals surface area contributed by atoms with Gasteiger partial charge in [-0.05, 0) is 62.3 Å². The Kier molecular flexibility index (Phi) is 8.21. The van der Waals surface area contributed by atoms with Gasteiger partial charge in [0.25, 0.3) is 0 Å². The number of piperidine rings is 1. The van der Waals surface area contributed by atoms with E-state index in [1.54, 1.807) is 25.3 Å². The molecule has 0 spiro atoms. The van der Waals surface area contributed by atoms with Gasteiger partial charge in [-0.1, -0.05) is 0 Å². The molecule has 11 heteroatoms. The third-order valence-electron chi connectivity index (χ3n) is 5.36. The molecule has 0 aliphatic carbocycles. The van der Waals surface area contributed by atoms with Gasteiger partial charge >= 0.3 is 6.36 Å². The molecule has 2 amide bonds. The topological polar surface area (TPSA) is 89.1 Å². The summed E-state index contributed by atoms with van der Waals surface area (Å²) in [7, 11) is 3.05. The van der Waals surface area contributed by atoms with Crippen LogP contribution in [0, 0.1) is 5.92 Å². The molecular weight excluding hydrogens is 455 g/mol. The number of anilines is 2. The van der Waals surface area contributed by atoms with E-state index in [4.69, 9.17) is 9.47 Å². The van der Waals surface area contributed by atoms with Crippen molar-refractivity contribution in [3.63, 3.8) is 0 Å². The number of halogens is 3. The van der Waals surface area contributed by atoms with Crippen molar-refractivity contribution in [2.24, 2.45) is 5.92 Å². The highest BCUT2D eigenvalue weighted by Crippen LogP contribution is 2.29. The van der Waals surface area contributed by atoms with E-state index in [9.17, 15) is 22.8 Å². The Hall–Kier alpha value is -3.47. The molecule has 2 N–H and O–H groups in total. The molecule has 1 fully saturated rings. The van der Waals surface area contributed by atoms with E-state index in [-0.39, 0.29) is 30.0 Å². The van der Waals surface area contributed by atoms with Gasteiger partial charge in [0.2, 0.25) is 11.8 Å². The van der Waals surface area contributed by atoms with E-state index < -0.39 is 6.36 Å². The minimum atomic E-state index is -4.77. The molecule has 184 valence electrons. The van der Waals surface area contributed by atoms with Crippen LogP contribution >= 0.6 is 0 Å². The summed E-state index contributed by atoms with van der Waals surface area (Å²) in [6.07, 6.45) is -3.66. The van der Waals surface area contributed by atoms with Crippen LogP contribution in [0.4, 0.5) is 24.5 Å². The van der Waals surface area contributed by atoms with Crippen LogP contribution < -0.4 is 24.8 Å². The van der Waals surface area contributed by atoms with Crippen LogP contribution in [-0.2, 0) is 9.59 Å². The Bertz CT molecular complexity index is 990. The largest absolute Gasteiger partial charge is 0.573 e. The lowest BCUT2D eigenvalue weighted by molar-refractivity contribution is -0.274. The Morgan fingerprint density at radius 1 is 0.971 bits per heavy atom. The van der Waals surface area contributed by atoms with Gasteiger partial charge in [0, 0.05) is 17.7 Å². The lowest BCUT2D eigenvalue weighted by Crippen LogP contribution is -2.41. The number of nitrogens with one attached hydrogen (secondary N) is 2. The van der Waals surface area contributed by atoms with Crippen LogP contribution in [0.5, 0.6) is 17.2 Å². The summed E-state index contributed by atoms with van der Waals surface area (Å²) in [5, 5.41) is 5.54. The van der Waals surface area contributed by atoms with Crippen molar-refractivity contribution in [1.82, 2.24) is 4.90 Å². The van der Waals surface area contributed by atoms with E-state index in [1.165, 1.54) is 19.2 Å². The predicted molar refractivity (Wildman–Crippen MR) is 119 cm³/mol. The van der Waals surface area contributed by atoms with Crippen LogP contribution in [0.2, 0.25) is 0 Å². The molecule has 1 aliphatic rings. The van der Waals surface area contributed by atoms with Crippen molar-refractivity contribution in [2.75, 3.05) is 44.5 Å². The van der Waals surface area contributed by atoms with Gasteiger partial charge in [-0.3, -0.25) is 14.5 Å². The maximum Gasteiger partial charge on any atom is 0.573 e. The van der Waals surface area contributed by atoms with Crippen molar-refractivity contribution in [2.45, 2.75) is 19.2 Å². The van der Waals surface area contributed by atoms with Crippen LogP contribution in [0.15, 0.2) is 42.5 Å². The fraction of sp³-hybridized carbons (Fsp3) is 0.391. The van der Waals surface area contributed by atoms with Crippen molar-refractivity contribution in [1.29, 1.82) is 0 Å². The monoisotopic (exact) mass is 481 g/mol. The fourth-order valence-electron chi connectivity index (χ4n) is 3.63. The number of hydrogen-bond acceptors (Lipinski definition) is 6. The Morgan fingerprint density at radius 2 is 1.62 bits per heavy atom. The maximum absolute atomic E-state index is 12.5. The average Bonchev–Trinajstić information content (AvgIpc) is 2.80. The second-order valence-corrected chi connectivity index (χ2v) is 7.73. The van der Waals surface area contributed by atoms with Crippen LogP contribution in [-0.4, -0.2) is 56.9 Å². The first-order valence-electron chi connectivity index (χ1n) is 10.6. The minimum Gasteiger partial charge on any atom is -0.497 e. The standard InChI is InChI=1S/C23H26F3N3O5/c1-32-18-7-8-19(20(13-18)33-2)28-21(30)14-29-11-9-15(10-12-29)22(31)27-16-3-5-17(6-4-16)34-23(24,25)26/h3-8,13,15H,9-12,14H2,1-2H3,(H,27,31)(H,28,30). The molecule has 2 aromatic rings. The van der Waals surface area contributed by atoms with E-state index in [2.05, 4.69) is 15.4 Å². The molecular formula is C23H26F3N3O5. The number of alkyl halides is 3. The third kappa shape index (κ3) is 7.27. The second kappa shape index (κ2) is 11.1. The first-order chi connectivity index (χ1) is 16.2. The van der Waals surface area contributed by atoms with Gasteiger partial charge in [0.1, 0.15) is 17.2 Å². The van der Waals surface area contributed by atoms with Crippen molar-refractivity contribution in [3.05, 3.63) is 42.5 Å². The highest BCUT2D eigenvalue weighted by atomic mass is 19.4. The van der Waals surface area contributed by atoms with Gasteiger partial charge in [-0.15, -0.1) is 13.2 Å². The Morgan fingerprint density at radius 3 is 2.21 bits per heavy atom. The molecule has 0 aromatic heterocycles. The molecule has 0 radical (unpaired) electrons. The smallest absolute Gasteiger partial charge is 0.497 e. The Balaban J connectivity index is 1.45. The molecule has 34 heavy (non-hydrogen) atoms. The van der Waals surface area contributed by atoms with Gasteiger partial charge < -0.3 is 24.8 Å². The molecule has 0 bridgehead atoms. The zero-order valence-corrected chi connectivity index (χ0v) is 18.8. The van der Waals surface area contributed by atoms with Crippen LogP contribution in [0.25, 0.3) is 0 Å². The summed E-state index contributed by atoms with van der Waals surface area (Å²) in [5.74, 6) is 0.0717. The molecule has 3 rings (SSSR count). The summed E-state index contributed by atoms with van der Waals surface area (Å²) in [6, 6.07) is 10.1. The molecule has 1 heterocycles. The zero-order valence-electron chi connectivity index (χ0n) is 18.8. The van der Waals surface area contributed by atoms with E-state index in [0.717, 1.165) is 12.1 Å². The highest BCUT2D eigenvalue weighted by molar-refractivity contribution is 5.94. The number of hydrogen-bond donors (Lipinski definition) is 2. The third-order valence-corrected chi connectivity index (χ3v) is 5.36. The quantitative estimate of drug-likeness (QED) is 0.595. The van der Waals surface area contributed by atoms with Gasteiger partial charge in [0.05, 0.1) is 26.5 Å². The molecule has 1 aliphatic heterocycles. The predicted octanol–water partition coefficient (Wildman–Crippen LogP) is 3.89. The van der Waals surface area contributed by atoms with E-state index in [1.807, 2.05) is 4.90 Å². The molecule has 8 nitrogen and oxygen atoms in total. The van der Waals surface area contributed by atoms with E-state index >= 15 is 0 Å². The zero-order chi connectivity index (χ0) is 24.7. The molecule has 1 saturated heterocycles. The summed E-state index contributed by atoms with van der Waals surface area (Å²) in [4.78, 5) is 27.0. The molecule has 0 unspecified atom stereocenters. The van der Waals surface area contributed by atoms with Gasteiger partial charge in [-0.2, -0.15) is 0 Å². The SMILES string of the molecule is COc1ccc(NC(=O)CN2CCC(C(=O)Nc3ccc(OC(F)(F)F)cc3)CC2)c(OC)c1. The summed E-state index contributed by atoms with van der Waals surface area (Å²) in [5.41, 5.74) is 0.920. The second-order valence-electron chi connectivity index (χ2n) is 7.73. The molecule has 2 aromatic carbocycles. The van der Waals surface area contributed by atoms with Gasteiger partial charge in [-0.25, -0.2) is 0 Å². The number of benzene rings is 2. The number of likely N-dealkylation sites (tertiary alicyclic amines) is 1. The first kappa shape index (κ1) is 25.2. The summed E-state index contributed by atoms with van der Waals surface area (Å²) >= 11 is 0. The number of nitrogens with zero attached hydrogens (tertiary/aromatic N) is 1. The summed E-state index contributed by atoms with van der Waals surface area (Å²) in [6.45, 7) is 1.29. The normalized spacial score (nSPS) is 14.9. The fourth-order valence-corrected chi connectivity index (χ4v) is 3.63. The first-order valence-corrected chi connectivity index (χ1v) is 10.6. The maximum atomic E-state index is 12.5. The number of methoxy groups -OCH3 is 2. The number of amides is 2. The van der Waals surface area contributed by atoms with Crippen LogP contribution in [0.1, 0.15) is 12.8 Å². The van der Waals surface area contributed by atoms with Crippen LogP contribution in [0.3, 0.4) is 0 Å². The number of carbonyl (C=O) groups is 2. The average molecular weight is 481 g/mol. The van der Waals surface area contributed by atoms with Crippen molar-refractivity contribution >= 4 is 23.2 Å². The van der Waals surface area contributed by atoms with Gasteiger partial charge in [0.15, 0.2) is 0 Å². The lowest BCUT2D eigenvalue weighted by atomic mass is 9.96. The number of carbonyl (C=O) groups excluding carboxylic acids is 2. The number of rotatable bonds is 8. The minimum absolute atomic E-state index is 0.171. The highest BCUT2D eigenvalue weighted by Gasteiger charge is 2.31. The summed E-state index contributed by atoms with van der Waals surface area (Å²) < 4.78 is 51.0. The molecule has 0 atom stereocenters. The van der Waals surface area contributed by atoms with Crippen molar-refractivity contribution < 1.29 is 37.0 Å².